The molecular formula is C13H18N2O3S2. The third-order valence-corrected chi connectivity index (χ3v) is 5.12. The number of unbranched alkanes of at least 4 members (excludes halogenated alkanes) is 1. The third-order valence-electron chi connectivity index (χ3n) is 2.72. The van der Waals surface area contributed by atoms with Crippen LogP contribution in [-0.2, 0) is 10.0 Å². The van der Waals surface area contributed by atoms with Crippen LogP contribution in [0.15, 0.2) is 27.5 Å². The average molecular weight is 314 g/mol. The monoisotopic (exact) mass is 314 g/mol. The van der Waals surface area contributed by atoms with E-state index in [1.165, 1.54) is 17.8 Å². The fourth-order valence-corrected chi connectivity index (χ4v) is 4.09. The van der Waals surface area contributed by atoms with Crippen LogP contribution in [-0.4, -0.2) is 25.9 Å². The van der Waals surface area contributed by atoms with Crippen molar-refractivity contribution in [2.45, 2.75) is 31.6 Å². The number of hydrogen-bond donors (Lipinski definition) is 1. The molecule has 0 aromatic heterocycles. The highest BCUT2D eigenvalue weighted by Crippen LogP contribution is 2.32. The smallest absolute Gasteiger partial charge is 0.286 e. The molecule has 2 rings (SSSR count). The summed E-state index contributed by atoms with van der Waals surface area (Å²) in [7, 11) is -3.64. The highest BCUT2D eigenvalue weighted by Gasteiger charge is 2.25. The van der Waals surface area contributed by atoms with Gasteiger partial charge in [0.15, 0.2) is 5.17 Å². The largest absolute Gasteiger partial charge is 0.494 e. The van der Waals surface area contributed by atoms with Crippen LogP contribution in [0.4, 0.5) is 5.69 Å². The van der Waals surface area contributed by atoms with Crippen molar-refractivity contribution in [3.8, 4) is 5.75 Å². The molecule has 0 aliphatic carbocycles. The molecule has 0 saturated carbocycles. The van der Waals surface area contributed by atoms with E-state index in [-0.39, 0.29) is 4.90 Å². The summed E-state index contributed by atoms with van der Waals surface area (Å²) in [6.45, 7) is 4.44. The maximum absolute atomic E-state index is 12.2. The predicted octanol–water partition coefficient (Wildman–Crippen LogP) is 3.09. The number of fused-ring (bicyclic) bond motifs is 1. The number of rotatable bonds is 5. The van der Waals surface area contributed by atoms with Crippen molar-refractivity contribution in [3.05, 3.63) is 18.2 Å². The van der Waals surface area contributed by atoms with Gasteiger partial charge in [-0.3, -0.25) is 0 Å². The topological polar surface area (TPSA) is 67.8 Å². The van der Waals surface area contributed by atoms with Crippen LogP contribution >= 0.6 is 11.8 Å². The zero-order valence-corrected chi connectivity index (χ0v) is 13.2. The summed E-state index contributed by atoms with van der Waals surface area (Å²) < 4.78 is 33.5. The van der Waals surface area contributed by atoms with Gasteiger partial charge in [-0.15, -0.1) is 4.40 Å². The summed E-state index contributed by atoms with van der Waals surface area (Å²) in [5, 5.41) is 3.50. The minimum atomic E-state index is -3.64. The molecule has 0 fully saturated rings. The van der Waals surface area contributed by atoms with E-state index in [0.717, 1.165) is 18.6 Å². The second-order valence-corrected chi connectivity index (χ2v) is 6.95. The molecule has 110 valence electrons. The zero-order valence-electron chi connectivity index (χ0n) is 11.5. The Labute approximate surface area is 123 Å². The molecule has 1 aliphatic heterocycles. The second-order valence-electron chi connectivity index (χ2n) is 4.29. The van der Waals surface area contributed by atoms with Gasteiger partial charge in [0, 0.05) is 11.8 Å². The number of amidine groups is 1. The van der Waals surface area contributed by atoms with Gasteiger partial charge in [0.25, 0.3) is 10.0 Å². The van der Waals surface area contributed by atoms with Crippen LogP contribution in [0.25, 0.3) is 0 Å². The van der Waals surface area contributed by atoms with Gasteiger partial charge >= 0.3 is 0 Å². The minimum absolute atomic E-state index is 0.170. The number of benzene rings is 1. The number of sulfonamides is 1. The SMILES string of the molecule is CCCCSC1=NS(=O)(=O)c2cc(OCC)ccc2N1. The van der Waals surface area contributed by atoms with Gasteiger partial charge in [0.05, 0.1) is 12.3 Å². The lowest BCUT2D eigenvalue weighted by atomic mass is 10.3. The number of hydrogen-bond acceptors (Lipinski definition) is 5. The molecule has 20 heavy (non-hydrogen) atoms. The molecular weight excluding hydrogens is 296 g/mol. The van der Waals surface area contributed by atoms with E-state index >= 15 is 0 Å². The number of nitrogens with zero attached hydrogens (tertiary/aromatic N) is 1. The zero-order chi connectivity index (χ0) is 14.6. The molecule has 0 atom stereocenters. The lowest BCUT2D eigenvalue weighted by molar-refractivity contribution is 0.339. The van der Waals surface area contributed by atoms with E-state index in [9.17, 15) is 8.42 Å². The molecule has 0 unspecified atom stereocenters. The number of ether oxygens (including phenoxy) is 1. The minimum Gasteiger partial charge on any atom is -0.494 e. The number of anilines is 1. The first-order valence-electron chi connectivity index (χ1n) is 6.58. The number of thioether (sulfide) groups is 1. The van der Waals surface area contributed by atoms with Crippen LogP contribution in [0.1, 0.15) is 26.7 Å². The predicted molar refractivity (Wildman–Crippen MR) is 83.2 cm³/mol. The molecule has 0 saturated heterocycles. The Bertz CT molecular complexity index is 612. The second kappa shape index (κ2) is 6.49. The van der Waals surface area contributed by atoms with E-state index in [4.69, 9.17) is 4.74 Å². The Morgan fingerprint density at radius 2 is 2.15 bits per heavy atom. The summed E-state index contributed by atoms with van der Waals surface area (Å²) >= 11 is 1.43. The van der Waals surface area contributed by atoms with Gasteiger partial charge < -0.3 is 10.1 Å². The molecule has 1 aliphatic rings. The Hall–Kier alpha value is -1.21. The number of nitrogens with one attached hydrogen (secondary N) is 1. The van der Waals surface area contributed by atoms with Crippen molar-refractivity contribution in [1.29, 1.82) is 0 Å². The fourth-order valence-electron chi connectivity index (χ4n) is 1.75. The quantitative estimate of drug-likeness (QED) is 0.846. The first-order chi connectivity index (χ1) is 9.56. The van der Waals surface area contributed by atoms with Crippen LogP contribution in [0.3, 0.4) is 0 Å². The van der Waals surface area contributed by atoms with Crippen molar-refractivity contribution in [1.82, 2.24) is 0 Å². The van der Waals surface area contributed by atoms with Crippen LogP contribution in [0.5, 0.6) is 5.75 Å². The molecule has 0 radical (unpaired) electrons. The maximum atomic E-state index is 12.2. The maximum Gasteiger partial charge on any atom is 0.286 e. The highest BCUT2D eigenvalue weighted by molar-refractivity contribution is 8.14. The Morgan fingerprint density at radius 3 is 2.85 bits per heavy atom. The van der Waals surface area contributed by atoms with Gasteiger partial charge in [0.2, 0.25) is 0 Å². The first kappa shape index (κ1) is 15.2. The molecule has 1 heterocycles. The standard InChI is InChI=1S/C13H18N2O3S2/c1-3-5-8-19-13-14-11-7-6-10(18-4-2)9-12(11)20(16,17)15-13/h6-7,9H,3-5,8H2,1-2H3,(H,14,15). The first-order valence-corrected chi connectivity index (χ1v) is 9.01. The average Bonchev–Trinajstić information content (AvgIpc) is 2.40. The Morgan fingerprint density at radius 1 is 1.35 bits per heavy atom. The molecule has 1 aromatic carbocycles. The van der Waals surface area contributed by atoms with Crippen molar-refractivity contribution < 1.29 is 13.2 Å². The van der Waals surface area contributed by atoms with Gasteiger partial charge in [0.1, 0.15) is 10.6 Å². The van der Waals surface area contributed by atoms with Gasteiger partial charge in [-0.1, -0.05) is 25.1 Å². The van der Waals surface area contributed by atoms with Gasteiger partial charge in [-0.05, 0) is 25.5 Å². The lowest BCUT2D eigenvalue weighted by Crippen LogP contribution is -2.19. The summed E-state index contributed by atoms with van der Waals surface area (Å²) in [6, 6.07) is 4.98. The highest BCUT2D eigenvalue weighted by atomic mass is 32.2. The Balaban J connectivity index is 2.25. The summed E-state index contributed by atoms with van der Waals surface area (Å²) in [6.07, 6.45) is 2.10. The van der Waals surface area contributed by atoms with E-state index < -0.39 is 10.0 Å². The van der Waals surface area contributed by atoms with E-state index in [0.29, 0.717) is 23.2 Å². The fraction of sp³-hybridized carbons (Fsp3) is 0.462. The third kappa shape index (κ3) is 3.46. The van der Waals surface area contributed by atoms with Crippen molar-refractivity contribution in [3.63, 3.8) is 0 Å². The molecule has 0 bridgehead atoms. The molecule has 5 nitrogen and oxygen atoms in total. The molecule has 0 spiro atoms. The normalized spacial score (nSPS) is 16.0. The van der Waals surface area contributed by atoms with Crippen molar-refractivity contribution >= 4 is 32.6 Å². The molecule has 1 N–H and O–H groups in total. The summed E-state index contributed by atoms with van der Waals surface area (Å²) in [4.78, 5) is 0.170. The van der Waals surface area contributed by atoms with E-state index in [1.54, 1.807) is 12.1 Å². The summed E-state index contributed by atoms with van der Waals surface area (Å²) in [5.41, 5.74) is 0.558. The van der Waals surface area contributed by atoms with Gasteiger partial charge in [-0.25, -0.2) is 0 Å². The summed E-state index contributed by atoms with van der Waals surface area (Å²) in [5.74, 6) is 1.39. The van der Waals surface area contributed by atoms with Crippen LogP contribution in [0, 0.1) is 0 Å². The van der Waals surface area contributed by atoms with E-state index in [1.807, 2.05) is 6.92 Å². The lowest BCUT2D eigenvalue weighted by Gasteiger charge is -2.18. The van der Waals surface area contributed by atoms with Crippen molar-refractivity contribution in [2.24, 2.45) is 4.40 Å². The van der Waals surface area contributed by atoms with Crippen molar-refractivity contribution in [2.75, 3.05) is 17.7 Å². The van der Waals surface area contributed by atoms with Crippen LogP contribution < -0.4 is 10.1 Å². The Kier molecular flexibility index (Phi) is 4.93. The van der Waals surface area contributed by atoms with Crippen LogP contribution in [0.2, 0.25) is 0 Å². The van der Waals surface area contributed by atoms with Gasteiger partial charge in [-0.2, -0.15) is 8.42 Å². The molecule has 0 amide bonds. The van der Waals surface area contributed by atoms with E-state index in [2.05, 4.69) is 16.6 Å². The molecule has 7 heteroatoms. The molecule has 1 aromatic rings.